The summed E-state index contributed by atoms with van der Waals surface area (Å²) in [5.41, 5.74) is 1.37. The maximum absolute atomic E-state index is 12.2. The van der Waals surface area contributed by atoms with Gasteiger partial charge < -0.3 is 18.6 Å². The lowest BCUT2D eigenvalue weighted by Gasteiger charge is -2.12. The standard InChI is InChI=1S/C21H21BrN2O5S/c1-26-17-11-14(12-18(27-2)19(17)28-3)20-23-24-21(29-20)30-10-4-5-16(25)13-6-8-15(22)9-7-13/h6-9,11-12H,4-5,10H2,1-3H3. The van der Waals surface area contributed by atoms with Crippen molar-refractivity contribution in [2.75, 3.05) is 27.1 Å². The van der Waals surface area contributed by atoms with Crippen molar-refractivity contribution in [2.24, 2.45) is 0 Å². The molecule has 1 heterocycles. The first-order chi connectivity index (χ1) is 14.5. The van der Waals surface area contributed by atoms with Gasteiger partial charge in [0, 0.05) is 27.8 Å². The zero-order valence-corrected chi connectivity index (χ0v) is 19.2. The van der Waals surface area contributed by atoms with E-state index in [4.69, 9.17) is 18.6 Å². The third kappa shape index (κ3) is 5.34. The fraction of sp³-hybridized carbons (Fsp3) is 0.286. The van der Waals surface area contributed by atoms with E-state index in [1.807, 2.05) is 24.3 Å². The Morgan fingerprint density at radius 3 is 2.30 bits per heavy atom. The zero-order valence-electron chi connectivity index (χ0n) is 16.8. The van der Waals surface area contributed by atoms with Crippen LogP contribution < -0.4 is 14.2 Å². The van der Waals surface area contributed by atoms with E-state index in [0.29, 0.717) is 58.1 Å². The van der Waals surface area contributed by atoms with Gasteiger partial charge in [0.25, 0.3) is 5.22 Å². The summed E-state index contributed by atoms with van der Waals surface area (Å²) < 4.78 is 22.7. The molecule has 0 saturated carbocycles. The molecule has 0 aliphatic rings. The summed E-state index contributed by atoms with van der Waals surface area (Å²) in [6.45, 7) is 0. The fourth-order valence-electron chi connectivity index (χ4n) is 2.76. The third-order valence-electron chi connectivity index (χ3n) is 4.26. The molecular formula is C21H21BrN2O5S. The highest BCUT2D eigenvalue weighted by atomic mass is 79.9. The van der Waals surface area contributed by atoms with Gasteiger partial charge in [-0.15, -0.1) is 10.2 Å². The van der Waals surface area contributed by atoms with E-state index in [1.165, 1.54) is 11.8 Å². The lowest BCUT2D eigenvalue weighted by molar-refractivity contribution is 0.0982. The van der Waals surface area contributed by atoms with Crippen molar-refractivity contribution in [2.45, 2.75) is 18.1 Å². The molecule has 0 aliphatic heterocycles. The maximum Gasteiger partial charge on any atom is 0.276 e. The number of aromatic nitrogens is 2. The molecule has 0 amide bonds. The molecule has 0 fully saturated rings. The second-order valence-electron chi connectivity index (χ2n) is 6.17. The van der Waals surface area contributed by atoms with Crippen LogP contribution in [0.5, 0.6) is 17.2 Å². The topological polar surface area (TPSA) is 83.7 Å². The number of hydrogen-bond donors (Lipinski definition) is 0. The molecular weight excluding hydrogens is 472 g/mol. The van der Waals surface area contributed by atoms with E-state index >= 15 is 0 Å². The molecule has 9 heteroatoms. The average Bonchev–Trinajstić information content (AvgIpc) is 3.25. The lowest BCUT2D eigenvalue weighted by atomic mass is 10.1. The molecule has 3 aromatic rings. The largest absolute Gasteiger partial charge is 0.493 e. The summed E-state index contributed by atoms with van der Waals surface area (Å²) in [5, 5.41) is 8.62. The number of rotatable bonds is 10. The molecule has 0 atom stereocenters. The average molecular weight is 493 g/mol. The number of hydrogen-bond acceptors (Lipinski definition) is 8. The van der Waals surface area contributed by atoms with Gasteiger partial charge in [-0.25, -0.2) is 0 Å². The highest BCUT2D eigenvalue weighted by molar-refractivity contribution is 9.10. The molecule has 0 unspecified atom stereocenters. The number of carbonyl (C=O) groups is 1. The van der Waals surface area contributed by atoms with Crippen molar-refractivity contribution in [3.63, 3.8) is 0 Å². The predicted molar refractivity (Wildman–Crippen MR) is 118 cm³/mol. The van der Waals surface area contributed by atoms with E-state index in [9.17, 15) is 4.79 Å². The minimum atomic E-state index is 0.117. The number of thioether (sulfide) groups is 1. The van der Waals surface area contributed by atoms with Crippen molar-refractivity contribution in [1.29, 1.82) is 0 Å². The molecule has 0 spiro atoms. The van der Waals surface area contributed by atoms with Crippen LogP contribution in [-0.4, -0.2) is 43.1 Å². The van der Waals surface area contributed by atoms with Gasteiger partial charge in [0.05, 0.1) is 21.3 Å². The summed E-state index contributed by atoms with van der Waals surface area (Å²) in [6.07, 6.45) is 1.17. The Bertz CT molecular complexity index is 982. The second-order valence-corrected chi connectivity index (χ2v) is 8.13. The Balaban J connectivity index is 1.59. The predicted octanol–water partition coefficient (Wildman–Crippen LogP) is 5.28. The van der Waals surface area contributed by atoms with Crippen molar-refractivity contribution in [3.8, 4) is 28.7 Å². The van der Waals surface area contributed by atoms with Crippen molar-refractivity contribution in [1.82, 2.24) is 10.2 Å². The van der Waals surface area contributed by atoms with Gasteiger partial charge in [-0.2, -0.15) is 0 Å². The molecule has 3 rings (SSSR count). The van der Waals surface area contributed by atoms with Gasteiger partial charge in [-0.05, 0) is 30.7 Å². The van der Waals surface area contributed by atoms with E-state index in [-0.39, 0.29) is 5.78 Å². The molecule has 30 heavy (non-hydrogen) atoms. The second kappa shape index (κ2) is 10.5. The van der Waals surface area contributed by atoms with E-state index in [0.717, 1.165) is 4.47 Å². The number of ether oxygens (including phenoxy) is 3. The summed E-state index contributed by atoms with van der Waals surface area (Å²) in [7, 11) is 4.64. The fourth-order valence-corrected chi connectivity index (χ4v) is 3.73. The Kier molecular flexibility index (Phi) is 7.75. The summed E-state index contributed by atoms with van der Waals surface area (Å²) in [4.78, 5) is 12.2. The van der Waals surface area contributed by atoms with Crippen molar-refractivity contribution >= 4 is 33.5 Å². The first-order valence-electron chi connectivity index (χ1n) is 9.11. The minimum absolute atomic E-state index is 0.117. The monoisotopic (exact) mass is 492 g/mol. The number of benzene rings is 2. The van der Waals surface area contributed by atoms with Gasteiger partial charge in [-0.3, -0.25) is 4.79 Å². The molecule has 7 nitrogen and oxygen atoms in total. The Labute approximate surface area is 187 Å². The zero-order chi connectivity index (χ0) is 21.5. The van der Waals surface area contributed by atoms with Gasteiger partial charge in [-0.1, -0.05) is 39.8 Å². The Hall–Kier alpha value is -2.52. The van der Waals surface area contributed by atoms with Crippen LogP contribution >= 0.6 is 27.7 Å². The summed E-state index contributed by atoms with van der Waals surface area (Å²) in [6, 6.07) is 10.9. The first kappa shape index (κ1) is 22.2. The Morgan fingerprint density at radius 2 is 1.70 bits per heavy atom. The van der Waals surface area contributed by atoms with E-state index in [1.54, 1.807) is 33.5 Å². The smallest absolute Gasteiger partial charge is 0.276 e. The molecule has 2 aromatic carbocycles. The molecule has 0 bridgehead atoms. The van der Waals surface area contributed by atoms with E-state index < -0.39 is 0 Å². The minimum Gasteiger partial charge on any atom is -0.493 e. The van der Waals surface area contributed by atoms with Gasteiger partial charge >= 0.3 is 0 Å². The molecule has 0 radical (unpaired) electrons. The highest BCUT2D eigenvalue weighted by Crippen LogP contribution is 2.41. The first-order valence-corrected chi connectivity index (χ1v) is 10.9. The highest BCUT2D eigenvalue weighted by Gasteiger charge is 2.17. The number of Topliss-reactive ketones (excluding diaryl/α,β-unsaturated/α-hetero) is 1. The third-order valence-corrected chi connectivity index (χ3v) is 5.69. The molecule has 0 aliphatic carbocycles. The van der Waals surface area contributed by atoms with Crippen LogP contribution in [-0.2, 0) is 0 Å². The van der Waals surface area contributed by atoms with Crippen LogP contribution in [0.1, 0.15) is 23.2 Å². The number of carbonyl (C=O) groups excluding carboxylic acids is 1. The molecule has 0 saturated heterocycles. The van der Waals surface area contributed by atoms with Crippen LogP contribution in [0, 0.1) is 0 Å². The van der Waals surface area contributed by atoms with Crippen molar-refractivity contribution < 1.29 is 23.4 Å². The Morgan fingerprint density at radius 1 is 1.03 bits per heavy atom. The number of halogens is 1. The van der Waals surface area contributed by atoms with Crippen LogP contribution in [0.25, 0.3) is 11.5 Å². The van der Waals surface area contributed by atoms with Crippen molar-refractivity contribution in [3.05, 3.63) is 46.4 Å². The van der Waals surface area contributed by atoms with Crippen LogP contribution in [0.3, 0.4) is 0 Å². The number of methoxy groups -OCH3 is 3. The maximum atomic E-state index is 12.2. The van der Waals surface area contributed by atoms with Gasteiger partial charge in [0.15, 0.2) is 17.3 Å². The molecule has 1 aromatic heterocycles. The van der Waals surface area contributed by atoms with Crippen LogP contribution in [0.15, 0.2) is 50.5 Å². The van der Waals surface area contributed by atoms with Crippen LogP contribution in [0.2, 0.25) is 0 Å². The van der Waals surface area contributed by atoms with Gasteiger partial charge in [0.2, 0.25) is 11.6 Å². The summed E-state index contributed by atoms with van der Waals surface area (Å²) in [5.74, 6) is 2.67. The number of nitrogens with zero attached hydrogens (tertiary/aromatic N) is 2. The summed E-state index contributed by atoms with van der Waals surface area (Å²) >= 11 is 4.78. The number of ketones is 1. The molecule has 158 valence electrons. The molecule has 0 N–H and O–H groups in total. The van der Waals surface area contributed by atoms with Crippen LogP contribution in [0.4, 0.5) is 0 Å². The van der Waals surface area contributed by atoms with Gasteiger partial charge in [0.1, 0.15) is 0 Å². The SMILES string of the molecule is COc1cc(-c2nnc(SCCCC(=O)c3ccc(Br)cc3)o2)cc(OC)c1OC. The van der Waals surface area contributed by atoms with E-state index in [2.05, 4.69) is 26.1 Å². The normalized spacial score (nSPS) is 10.7. The lowest BCUT2D eigenvalue weighted by Crippen LogP contribution is -1.99. The quantitative estimate of drug-likeness (QED) is 0.214.